The van der Waals surface area contributed by atoms with E-state index in [4.69, 9.17) is 0 Å². The van der Waals surface area contributed by atoms with Gasteiger partial charge in [-0.15, -0.1) is 23.5 Å². The van der Waals surface area contributed by atoms with E-state index in [-0.39, 0.29) is 11.8 Å². The van der Waals surface area contributed by atoms with E-state index in [1.54, 1.807) is 17.8 Å². The van der Waals surface area contributed by atoms with Gasteiger partial charge in [0.25, 0.3) is 5.91 Å². The number of benzene rings is 2. The molecule has 26 heavy (non-hydrogen) atoms. The first-order valence-electron chi connectivity index (χ1n) is 8.62. The van der Waals surface area contributed by atoms with Crippen LogP contribution in [0.5, 0.6) is 0 Å². The molecule has 0 unspecified atom stereocenters. The van der Waals surface area contributed by atoms with Gasteiger partial charge >= 0.3 is 0 Å². The number of anilines is 1. The Bertz CT molecular complexity index is 789. The van der Waals surface area contributed by atoms with E-state index < -0.39 is 0 Å². The number of amides is 2. The molecule has 6 heteroatoms. The minimum atomic E-state index is -0.153. The minimum absolute atomic E-state index is 0.149. The summed E-state index contributed by atoms with van der Waals surface area (Å²) in [6, 6.07) is 15.2. The maximum atomic E-state index is 12.7. The Labute approximate surface area is 162 Å². The molecular weight excluding hydrogens is 364 g/mol. The molecule has 0 atom stereocenters. The molecule has 0 saturated carbocycles. The molecule has 0 aromatic heterocycles. The van der Waals surface area contributed by atoms with E-state index >= 15 is 0 Å². The maximum Gasteiger partial charge on any atom is 0.256 e. The number of thioether (sulfide) groups is 2. The Morgan fingerprint density at radius 2 is 1.85 bits per heavy atom. The van der Waals surface area contributed by atoms with Gasteiger partial charge in [0.2, 0.25) is 5.91 Å². The van der Waals surface area contributed by atoms with Gasteiger partial charge in [-0.2, -0.15) is 0 Å². The van der Waals surface area contributed by atoms with Crippen molar-refractivity contribution < 1.29 is 9.59 Å². The average Bonchev–Trinajstić information content (AvgIpc) is 3.21. The van der Waals surface area contributed by atoms with E-state index in [2.05, 4.69) is 5.32 Å². The summed E-state index contributed by atoms with van der Waals surface area (Å²) in [4.78, 5) is 28.8. The number of nitrogens with zero attached hydrogens (tertiary/aromatic N) is 1. The predicted octanol–water partition coefficient (Wildman–Crippen LogP) is 4.38. The van der Waals surface area contributed by atoms with Crippen molar-refractivity contribution in [2.75, 3.05) is 30.4 Å². The van der Waals surface area contributed by atoms with Crippen LogP contribution >= 0.6 is 23.5 Å². The number of nitrogens with one attached hydrogen (secondary N) is 1. The van der Waals surface area contributed by atoms with Crippen molar-refractivity contribution in [3.05, 3.63) is 54.1 Å². The number of rotatable bonds is 6. The summed E-state index contributed by atoms with van der Waals surface area (Å²) in [5, 5.41) is 2.96. The van der Waals surface area contributed by atoms with Crippen LogP contribution in [0.15, 0.2) is 58.3 Å². The van der Waals surface area contributed by atoms with Crippen LogP contribution in [-0.2, 0) is 4.79 Å². The Balaban J connectivity index is 1.67. The smallest absolute Gasteiger partial charge is 0.256 e. The zero-order valence-electron chi connectivity index (χ0n) is 14.7. The lowest BCUT2D eigenvalue weighted by molar-refractivity contribution is -0.127. The van der Waals surface area contributed by atoms with Crippen molar-refractivity contribution in [3.8, 4) is 0 Å². The van der Waals surface area contributed by atoms with Gasteiger partial charge < -0.3 is 10.2 Å². The lowest BCUT2D eigenvalue weighted by atomic mass is 10.2. The van der Waals surface area contributed by atoms with Crippen molar-refractivity contribution in [3.63, 3.8) is 0 Å². The highest BCUT2D eigenvalue weighted by atomic mass is 32.2. The fraction of sp³-hybridized carbons (Fsp3) is 0.300. The summed E-state index contributed by atoms with van der Waals surface area (Å²) >= 11 is 3.07. The second kappa shape index (κ2) is 9.14. The van der Waals surface area contributed by atoms with Crippen molar-refractivity contribution >= 4 is 41.0 Å². The van der Waals surface area contributed by atoms with Crippen molar-refractivity contribution in [2.45, 2.75) is 22.6 Å². The zero-order valence-corrected chi connectivity index (χ0v) is 16.4. The van der Waals surface area contributed by atoms with Gasteiger partial charge in [-0.1, -0.05) is 18.2 Å². The summed E-state index contributed by atoms with van der Waals surface area (Å²) in [5.41, 5.74) is 1.37. The highest BCUT2D eigenvalue weighted by Gasteiger charge is 2.19. The van der Waals surface area contributed by atoms with Crippen LogP contribution in [0.3, 0.4) is 0 Å². The summed E-state index contributed by atoms with van der Waals surface area (Å²) < 4.78 is 0. The fourth-order valence-corrected chi connectivity index (χ4v) is 4.29. The first kappa shape index (κ1) is 18.9. The molecule has 1 heterocycles. The Kier molecular flexibility index (Phi) is 6.63. The van der Waals surface area contributed by atoms with Crippen LogP contribution in [0.2, 0.25) is 0 Å². The van der Waals surface area contributed by atoms with Gasteiger partial charge in [0, 0.05) is 28.6 Å². The predicted molar refractivity (Wildman–Crippen MR) is 109 cm³/mol. The lowest BCUT2D eigenvalue weighted by Crippen LogP contribution is -2.29. The van der Waals surface area contributed by atoms with Crippen LogP contribution in [0.25, 0.3) is 0 Å². The summed E-state index contributed by atoms with van der Waals surface area (Å²) in [6.45, 7) is 1.71. The Hall–Kier alpha value is -1.92. The van der Waals surface area contributed by atoms with Crippen molar-refractivity contribution in [1.82, 2.24) is 4.90 Å². The van der Waals surface area contributed by atoms with Crippen LogP contribution in [0.1, 0.15) is 23.2 Å². The summed E-state index contributed by atoms with van der Waals surface area (Å²) in [7, 11) is 0. The Morgan fingerprint density at radius 3 is 2.62 bits per heavy atom. The third-order valence-corrected chi connectivity index (χ3v) is 6.05. The van der Waals surface area contributed by atoms with Crippen LogP contribution in [-0.4, -0.2) is 41.8 Å². The summed E-state index contributed by atoms with van der Waals surface area (Å²) in [6.07, 6.45) is 4.18. The molecule has 1 aliphatic rings. The summed E-state index contributed by atoms with van der Waals surface area (Å²) in [5.74, 6) is 0.363. The highest BCUT2D eigenvalue weighted by Crippen LogP contribution is 2.25. The third kappa shape index (κ3) is 4.83. The average molecular weight is 387 g/mol. The maximum absolute atomic E-state index is 12.7. The van der Waals surface area contributed by atoms with Crippen LogP contribution in [0, 0.1) is 0 Å². The third-order valence-electron chi connectivity index (χ3n) is 4.27. The molecular formula is C20H22N2O2S2. The first-order valence-corrected chi connectivity index (χ1v) is 10.8. The van der Waals surface area contributed by atoms with Gasteiger partial charge in [0.15, 0.2) is 0 Å². The van der Waals surface area contributed by atoms with E-state index in [0.29, 0.717) is 11.3 Å². The molecule has 0 bridgehead atoms. The molecule has 0 spiro atoms. The molecule has 2 aromatic carbocycles. The molecule has 1 N–H and O–H groups in total. The number of likely N-dealkylation sites (tertiary alicyclic amines) is 1. The molecule has 1 saturated heterocycles. The SMILES string of the molecule is CSc1cccc(NC(=O)c2ccccc2SCC(=O)N2CCCC2)c1. The van der Waals surface area contributed by atoms with Gasteiger partial charge in [0.05, 0.1) is 11.3 Å². The van der Waals surface area contributed by atoms with Crippen LogP contribution < -0.4 is 5.32 Å². The van der Waals surface area contributed by atoms with Crippen LogP contribution in [0.4, 0.5) is 5.69 Å². The normalized spacial score (nSPS) is 13.7. The molecule has 1 aliphatic heterocycles. The number of carbonyl (C=O) groups excluding carboxylic acids is 2. The molecule has 0 radical (unpaired) electrons. The molecule has 2 amide bonds. The largest absolute Gasteiger partial charge is 0.342 e. The van der Waals surface area contributed by atoms with Gasteiger partial charge in [-0.05, 0) is 49.4 Å². The lowest BCUT2D eigenvalue weighted by Gasteiger charge is -2.15. The molecule has 136 valence electrons. The van der Waals surface area contributed by atoms with Crippen molar-refractivity contribution in [1.29, 1.82) is 0 Å². The van der Waals surface area contributed by atoms with Gasteiger partial charge in [-0.3, -0.25) is 9.59 Å². The van der Waals surface area contributed by atoms with Gasteiger partial charge in [-0.25, -0.2) is 0 Å². The van der Waals surface area contributed by atoms with E-state index in [1.165, 1.54) is 11.8 Å². The first-order chi connectivity index (χ1) is 12.7. The minimum Gasteiger partial charge on any atom is -0.342 e. The second-order valence-corrected chi connectivity index (χ2v) is 7.96. The second-order valence-electron chi connectivity index (χ2n) is 6.06. The van der Waals surface area contributed by atoms with E-state index in [9.17, 15) is 9.59 Å². The van der Waals surface area contributed by atoms with Gasteiger partial charge in [0.1, 0.15) is 0 Å². The molecule has 4 nitrogen and oxygen atoms in total. The number of hydrogen-bond donors (Lipinski definition) is 1. The number of hydrogen-bond acceptors (Lipinski definition) is 4. The quantitative estimate of drug-likeness (QED) is 0.749. The van der Waals surface area contributed by atoms with E-state index in [1.807, 2.05) is 53.6 Å². The van der Waals surface area contributed by atoms with E-state index in [0.717, 1.165) is 41.4 Å². The highest BCUT2D eigenvalue weighted by molar-refractivity contribution is 8.00. The zero-order chi connectivity index (χ0) is 18.4. The molecule has 3 rings (SSSR count). The monoisotopic (exact) mass is 386 g/mol. The fourth-order valence-electron chi connectivity index (χ4n) is 2.88. The molecule has 1 fully saturated rings. The molecule has 0 aliphatic carbocycles. The number of carbonyl (C=O) groups is 2. The Morgan fingerprint density at radius 1 is 1.08 bits per heavy atom. The topological polar surface area (TPSA) is 49.4 Å². The molecule has 2 aromatic rings. The van der Waals surface area contributed by atoms with Crippen molar-refractivity contribution in [2.24, 2.45) is 0 Å². The standard InChI is InChI=1S/C20H22N2O2S2/c1-25-16-8-6-7-15(13-16)21-20(24)17-9-2-3-10-18(17)26-14-19(23)22-11-4-5-12-22/h2-3,6-10,13H,4-5,11-12,14H2,1H3,(H,21,24).